The van der Waals surface area contributed by atoms with Gasteiger partial charge in [0.15, 0.2) is 0 Å². The van der Waals surface area contributed by atoms with Gasteiger partial charge >= 0.3 is 6.18 Å². The molecule has 28 heavy (non-hydrogen) atoms. The van der Waals surface area contributed by atoms with E-state index in [2.05, 4.69) is 10.6 Å². The minimum Gasteiger partial charge on any atom is -0.467 e. The summed E-state index contributed by atoms with van der Waals surface area (Å²) in [6, 6.07) is 8.10. The number of rotatable bonds is 5. The van der Waals surface area contributed by atoms with Crippen LogP contribution in [0.4, 0.5) is 18.9 Å². The third-order valence-corrected chi connectivity index (χ3v) is 4.94. The zero-order valence-electron chi connectivity index (χ0n) is 15.1. The highest BCUT2D eigenvalue weighted by molar-refractivity contribution is 5.92. The molecule has 0 radical (unpaired) electrons. The fourth-order valence-electron chi connectivity index (χ4n) is 3.37. The molecule has 150 valence electrons. The van der Waals surface area contributed by atoms with Gasteiger partial charge in [-0.2, -0.15) is 13.2 Å². The Morgan fingerprint density at radius 2 is 1.68 bits per heavy atom. The van der Waals surface area contributed by atoms with Gasteiger partial charge in [0.1, 0.15) is 5.76 Å². The molecular weight excluding hydrogens is 373 g/mol. The summed E-state index contributed by atoms with van der Waals surface area (Å²) in [5, 5.41) is 5.38. The molecule has 0 spiro atoms. The van der Waals surface area contributed by atoms with Gasteiger partial charge in [0, 0.05) is 17.5 Å². The van der Waals surface area contributed by atoms with Crippen LogP contribution < -0.4 is 10.6 Å². The maximum absolute atomic E-state index is 12.8. The van der Waals surface area contributed by atoms with E-state index in [1.165, 1.54) is 18.4 Å². The normalized spacial score (nSPS) is 19.8. The van der Waals surface area contributed by atoms with Gasteiger partial charge in [0.25, 0.3) is 0 Å². The third-order valence-electron chi connectivity index (χ3n) is 4.94. The van der Waals surface area contributed by atoms with E-state index in [9.17, 15) is 22.8 Å². The Bertz CT molecular complexity index is 810. The molecule has 3 rings (SSSR count). The zero-order chi connectivity index (χ0) is 20.1. The number of anilines is 1. The van der Waals surface area contributed by atoms with Crippen LogP contribution in [0.3, 0.4) is 0 Å². The average molecular weight is 394 g/mol. The van der Waals surface area contributed by atoms with E-state index >= 15 is 0 Å². The number of nitrogens with one attached hydrogen (secondary N) is 2. The van der Waals surface area contributed by atoms with E-state index in [1.54, 1.807) is 12.1 Å². The number of halogens is 3. The number of carbonyl (C=O) groups is 2. The molecule has 2 amide bonds. The molecule has 5 nitrogen and oxygen atoms in total. The summed E-state index contributed by atoms with van der Waals surface area (Å²) in [6.45, 7) is 0.321. The van der Waals surface area contributed by atoms with E-state index in [-0.39, 0.29) is 29.3 Å². The smallest absolute Gasteiger partial charge is 0.416 e. The largest absolute Gasteiger partial charge is 0.467 e. The number of alkyl halides is 3. The third kappa shape index (κ3) is 5.15. The Hall–Kier alpha value is -2.77. The molecule has 0 atom stereocenters. The average Bonchev–Trinajstić information content (AvgIpc) is 3.19. The highest BCUT2D eigenvalue weighted by Crippen LogP contribution is 2.32. The molecule has 1 saturated carbocycles. The van der Waals surface area contributed by atoms with Gasteiger partial charge < -0.3 is 15.1 Å². The van der Waals surface area contributed by atoms with E-state index in [0.717, 1.165) is 12.1 Å². The number of hydrogen-bond acceptors (Lipinski definition) is 3. The van der Waals surface area contributed by atoms with Crippen LogP contribution in [0.15, 0.2) is 47.1 Å². The second-order valence-corrected chi connectivity index (χ2v) is 6.91. The van der Waals surface area contributed by atoms with Crippen LogP contribution in [-0.4, -0.2) is 11.8 Å². The monoisotopic (exact) mass is 394 g/mol. The molecule has 0 aliphatic heterocycles. The van der Waals surface area contributed by atoms with Gasteiger partial charge in [-0.25, -0.2) is 0 Å². The summed E-state index contributed by atoms with van der Waals surface area (Å²) in [4.78, 5) is 24.6. The standard InChI is InChI=1S/C20H21F3N2O3/c21-20(22,23)15-3-1-4-16(11-15)25-19(27)14-8-6-13(7-9-14)18(26)24-12-17-5-2-10-28-17/h1-5,10-11,13-14H,6-9,12H2,(H,24,26)(H,25,27). The Morgan fingerprint density at radius 3 is 2.29 bits per heavy atom. The molecule has 1 heterocycles. The predicted octanol–water partition coefficient (Wildman–Crippen LogP) is 4.36. The van der Waals surface area contributed by atoms with Crippen LogP contribution in [0.5, 0.6) is 0 Å². The highest BCUT2D eigenvalue weighted by Gasteiger charge is 2.32. The van der Waals surface area contributed by atoms with Crippen molar-refractivity contribution in [2.45, 2.75) is 38.4 Å². The Kier molecular flexibility index (Phi) is 6.06. The Labute approximate surface area is 160 Å². The topological polar surface area (TPSA) is 71.3 Å². The van der Waals surface area contributed by atoms with Gasteiger partial charge in [-0.05, 0) is 56.0 Å². The lowest BCUT2D eigenvalue weighted by molar-refractivity contribution is -0.137. The fourth-order valence-corrected chi connectivity index (χ4v) is 3.37. The van der Waals surface area contributed by atoms with Crippen molar-refractivity contribution in [3.05, 3.63) is 54.0 Å². The summed E-state index contributed by atoms with van der Waals surface area (Å²) in [7, 11) is 0. The molecular formula is C20H21F3N2O3. The number of carbonyl (C=O) groups excluding carboxylic acids is 2. The summed E-state index contributed by atoms with van der Waals surface area (Å²) < 4.78 is 43.5. The number of amides is 2. The summed E-state index contributed by atoms with van der Waals surface area (Å²) >= 11 is 0. The molecule has 1 aliphatic carbocycles. The van der Waals surface area contributed by atoms with Crippen LogP contribution >= 0.6 is 0 Å². The summed E-state index contributed by atoms with van der Waals surface area (Å²) in [6.07, 6.45) is -0.764. The van der Waals surface area contributed by atoms with Gasteiger partial charge in [-0.3, -0.25) is 9.59 Å². The van der Waals surface area contributed by atoms with Gasteiger partial charge in [-0.15, -0.1) is 0 Å². The maximum Gasteiger partial charge on any atom is 0.416 e. The Balaban J connectivity index is 1.48. The van der Waals surface area contributed by atoms with Crippen molar-refractivity contribution in [3.8, 4) is 0 Å². The summed E-state index contributed by atoms with van der Waals surface area (Å²) in [5.41, 5.74) is -0.680. The molecule has 1 fully saturated rings. The predicted molar refractivity (Wildman–Crippen MR) is 96.1 cm³/mol. The minimum absolute atomic E-state index is 0.0758. The fraction of sp³-hybridized carbons (Fsp3) is 0.400. The molecule has 8 heteroatoms. The molecule has 0 bridgehead atoms. The molecule has 2 aromatic rings. The first-order valence-corrected chi connectivity index (χ1v) is 9.11. The number of hydrogen-bond donors (Lipinski definition) is 2. The molecule has 0 saturated heterocycles. The van der Waals surface area contributed by atoms with Crippen LogP contribution in [0.1, 0.15) is 37.0 Å². The first kappa shape index (κ1) is 20.0. The lowest BCUT2D eigenvalue weighted by Crippen LogP contribution is -2.35. The molecule has 0 unspecified atom stereocenters. The van der Waals surface area contributed by atoms with Crippen LogP contribution in [0, 0.1) is 11.8 Å². The summed E-state index contributed by atoms with van der Waals surface area (Å²) in [5.74, 6) is -0.208. The lowest BCUT2D eigenvalue weighted by Gasteiger charge is -2.27. The van der Waals surface area contributed by atoms with Crippen molar-refractivity contribution in [2.75, 3.05) is 5.32 Å². The SMILES string of the molecule is O=C(NCc1ccco1)C1CCC(C(=O)Nc2cccc(C(F)(F)F)c2)CC1. The molecule has 1 aromatic carbocycles. The lowest BCUT2D eigenvalue weighted by atomic mass is 9.81. The van der Waals surface area contributed by atoms with Gasteiger partial charge in [0.2, 0.25) is 11.8 Å². The van der Waals surface area contributed by atoms with Crippen molar-refractivity contribution in [1.82, 2.24) is 5.32 Å². The number of furan rings is 1. The molecule has 1 aromatic heterocycles. The highest BCUT2D eigenvalue weighted by atomic mass is 19.4. The molecule has 2 N–H and O–H groups in total. The van der Waals surface area contributed by atoms with Crippen LogP contribution in [0.2, 0.25) is 0 Å². The van der Waals surface area contributed by atoms with Gasteiger partial charge in [0.05, 0.1) is 18.4 Å². The number of benzene rings is 1. The first-order chi connectivity index (χ1) is 13.3. The second-order valence-electron chi connectivity index (χ2n) is 6.91. The first-order valence-electron chi connectivity index (χ1n) is 9.11. The quantitative estimate of drug-likeness (QED) is 0.792. The minimum atomic E-state index is -4.46. The van der Waals surface area contributed by atoms with E-state index in [1.807, 2.05) is 0 Å². The van der Waals surface area contributed by atoms with E-state index in [0.29, 0.717) is 38.0 Å². The van der Waals surface area contributed by atoms with Crippen LogP contribution in [-0.2, 0) is 22.3 Å². The Morgan fingerprint density at radius 1 is 1.00 bits per heavy atom. The van der Waals surface area contributed by atoms with E-state index < -0.39 is 11.7 Å². The maximum atomic E-state index is 12.8. The van der Waals surface area contributed by atoms with Crippen molar-refractivity contribution < 1.29 is 27.2 Å². The van der Waals surface area contributed by atoms with Crippen molar-refractivity contribution in [2.24, 2.45) is 11.8 Å². The van der Waals surface area contributed by atoms with Crippen molar-refractivity contribution in [3.63, 3.8) is 0 Å². The van der Waals surface area contributed by atoms with Crippen LogP contribution in [0.25, 0.3) is 0 Å². The van der Waals surface area contributed by atoms with E-state index in [4.69, 9.17) is 4.42 Å². The van der Waals surface area contributed by atoms with Crippen molar-refractivity contribution in [1.29, 1.82) is 0 Å². The van der Waals surface area contributed by atoms with Gasteiger partial charge in [-0.1, -0.05) is 6.07 Å². The van der Waals surface area contributed by atoms with Crippen molar-refractivity contribution >= 4 is 17.5 Å². The zero-order valence-corrected chi connectivity index (χ0v) is 15.1. The second kappa shape index (κ2) is 8.50. The molecule has 1 aliphatic rings.